The van der Waals surface area contributed by atoms with Crippen molar-refractivity contribution in [2.75, 3.05) is 33.3 Å². The highest BCUT2D eigenvalue weighted by molar-refractivity contribution is 7.47. The van der Waals surface area contributed by atoms with E-state index in [1.54, 1.807) is 41.5 Å². The van der Waals surface area contributed by atoms with Gasteiger partial charge in [0, 0.05) is 26.7 Å². The summed E-state index contributed by atoms with van der Waals surface area (Å²) in [6.07, 6.45) is -0.230. The first-order chi connectivity index (χ1) is 36.8. The van der Waals surface area contributed by atoms with Crippen LogP contribution in [0.4, 0.5) is 0 Å². The maximum atomic E-state index is 14.5. The van der Waals surface area contributed by atoms with Crippen LogP contribution < -0.4 is 83.1 Å². The summed E-state index contributed by atoms with van der Waals surface area (Å²) in [6.45, 7) is 12.2. The molecule has 10 atom stereocenters. The van der Waals surface area contributed by atoms with Crippen molar-refractivity contribution in [2.24, 2.45) is 78.6 Å². The molecule has 0 aliphatic carbocycles. The van der Waals surface area contributed by atoms with Gasteiger partial charge < -0.3 is 93.1 Å². The van der Waals surface area contributed by atoms with Gasteiger partial charge in [0.2, 0.25) is 41.4 Å². The number of aliphatic carboxylic acids is 1. The molecule has 0 aliphatic heterocycles. The molecule has 0 heterocycles. The fourth-order valence-electron chi connectivity index (χ4n) is 7.65. The predicted octanol–water partition coefficient (Wildman–Crippen LogP) is -3.63. The molecule has 0 spiro atoms. The second-order valence-corrected chi connectivity index (χ2v) is 21.8. The van der Waals surface area contributed by atoms with Gasteiger partial charge in [-0.1, -0.05) is 48.0 Å². The Morgan fingerprint density at radius 1 is 0.481 bits per heavy atom. The van der Waals surface area contributed by atoms with Crippen molar-refractivity contribution >= 4 is 73.0 Å². The third kappa shape index (κ3) is 32.3. The molecule has 79 heavy (non-hydrogen) atoms. The number of carbonyl (C=O) groups excluding carboxylic acids is 7. The van der Waals surface area contributed by atoms with E-state index in [1.165, 1.54) is 6.92 Å². The Hall–Kier alpha value is -6.40. The summed E-state index contributed by atoms with van der Waals surface area (Å²) in [5.74, 6) is -8.84. The summed E-state index contributed by atoms with van der Waals surface area (Å²) in [4.78, 5) is 133. The molecule has 32 heteroatoms. The monoisotopic (exact) mass is 1150 g/mol. The van der Waals surface area contributed by atoms with Crippen LogP contribution in [-0.2, 0) is 52.0 Å². The fourth-order valence-corrected chi connectivity index (χ4v) is 8.28. The minimum Gasteiger partial charge on any atom is -0.480 e. The summed E-state index contributed by atoms with van der Waals surface area (Å²) in [7, 11) is -4.00. The zero-order valence-corrected chi connectivity index (χ0v) is 47.9. The molecule has 31 nitrogen and oxygen atoms in total. The second kappa shape index (κ2) is 38.2. The van der Waals surface area contributed by atoms with E-state index in [9.17, 15) is 52.9 Å². The molecule has 0 bridgehead atoms. The number of hydrogen-bond acceptors (Lipinski definition) is 16. The lowest BCUT2D eigenvalue weighted by Gasteiger charge is -2.30. The lowest BCUT2D eigenvalue weighted by Crippen LogP contribution is -2.62. The highest BCUT2D eigenvalue weighted by Crippen LogP contribution is 2.43. The first-order valence-corrected chi connectivity index (χ1v) is 27.9. The molecule has 0 aromatic rings. The molecule has 7 amide bonds. The molecule has 454 valence electrons. The van der Waals surface area contributed by atoms with Gasteiger partial charge in [0.05, 0.1) is 12.1 Å². The minimum atomic E-state index is -4.86. The first kappa shape index (κ1) is 72.6. The number of phosphoric acid groups is 1. The first-order valence-electron chi connectivity index (χ1n) is 26.4. The number of nitrogens with two attached hydrogens (primary N) is 8. The number of rotatable bonds is 41. The molecule has 0 rings (SSSR count). The van der Waals surface area contributed by atoms with E-state index >= 15 is 0 Å². The SMILES string of the molecule is COP(=O)(O)O[C@H](C)[C@H](NC(=O)[C@H](CCCN=C(N)N)NC(=O)[C@@H](N)CCCCN)C(=O)N[C@@H](CC(C)C)C(=O)N[C@@H](CCCN=C(N)N)C(=O)N[C@@H](CCCN=C(N)N)C(=O)N[C@@H](CC(C)C)C(=O)N[C@@H](CC(C)C)C(=O)O. The molecule has 25 N–H and O–H groups in total. The normalized spacial score (nSPS) is 15.5. The molecular formula is C47H93N18O13P. The number of guanidine groups is 3. The summed E-state index contributed by atoms with van der Waals surface area (Å²) in [5, 5.41) is 27.9. The summed E-state index contributed by atoms with van der Waals surface area (Å²) < 4.78 is 22.5. The molecule has 0 radical (unpaired) electrons. The standard InChI is InChI=1S/C47H93N18O13P/c1-25(2)22-33(42(71)64-35(44(73)74)24-27(5)6)62-39(68)31(16-12-20-57-46(52)53)60-38(67)30(15-11-19-56-45(50)51)61-41(70)34(23-26(3)4)63-43(72)36(28(7)78-79(75,76)77-8)65-40(69)32(17-13-21-58-47(54)55)59-37(66)29(49)14-9-10-18-48/h25-36H,9-24,48-49H2,1-8H3,(H,59,66)(H,60,67)(H,61,70)(H,62,68)(H,63,72)(H,64,71)(H,65,69)(H,73,74)(H,75,76)(H4,50,51,56)(H4,52,53,57)(H4,54,55,58)/t28-,29+,30+,31+,32+,33+,34+,35+,36+/m1/s1. The smallest absolute Gasteiger partial charge is 0.472 e. The molecule has 0 saturated heterocycles. The molecule has 0 aromatic carbocycles. The number of unbranched alkanes of at least 4 members (excludes halogenated alkanes) is 1. The third-order valence-electron chi connectivity index (χ3n) is 11.6. The van der Waals surface area contributed by atoms with E-state index < -0.39 is 110 Å². The molecule has 0 fully saturated rings. The van der Waals surface area contributed by atoms with Gasteiger partial charge in [-0.05, 0) is 102 Å². The van der Waals surface area contributed by atoms with Gasteiger partial charge >= 0.3 is 13.8 Å². The molecular weight excluding hydrogens is 1060 g/mol. The molecule has 0 saturated carbocycles. The van der Waals surface area contributed by atoms with Crippen molar-refractivity contribution in [2.45, 2.75) is 180 Å². The molecule has 1 unspecified atom stereocenters. The minimum absolute atomic E-state index is 0.0118. The molecule has 0 aliphatic rings. The number of aliphatic imine (C=N–C) groups is 3. The largest absolute Gasteiger partial charge is 0.480 e. The van der Waals surface area contributed by atoms with Gasteiger partial charge in [-0.3, -0.25) is 57.6 Å². The van der Waals surface area contributed by atoms with E-state index in [-0.39, 0.29) is 119 Å². The summed E-state index contributed by atoms with van der Waals surface area (Å²) in [5.41, 5.74) is 44.7. The van der Waals surface area contributed by atoms with Gasteiger partial charge in [-0.25, -0.2) is 9.36 Å². The lowest BCUT2D eigenvalue weighted by atomic mass is 9.99. The number of phosphoric ester groups is 1. The fraction of sp³-hybridized carbons (Fsp3) is 0.766. The Bertz CT molecular complexity index is 2090. The number of carboxylic acids is 1. The predicted molar refractivity (Wildman–Crippen MR) is 298 cm³/mol. The van der Waals surface area contributed by atoms with Crippen molar-refractivity contribution in [3.63, 3.8) is 0 Å². The second-order valence-electron chi connectivity index (χ2n) is 20.3. The Balaban J connectivity index is 7.29. The van der Waals surface area contributed by atoms with Crippen molar-refractivity contribution < 1.29 is 62.0 Å². The van der Waals surface area contributed by atoms with Crippen LogP contribution in [0.15, 0.2) is 15.0 Å². The van der Waals surface area contributed by atoms with Gasteiger partial charge in [0.25, 0.3) is 0 Å². The van der Waals surface area contributed by atoms with E-state index in [4.69, 9.17) is 50.4 Å². The Labute approximate surface area is 462 Å². The maximum Gasteiger partial charge on any atom is 0.472 e. The summed E-state index contributed by atoms with van der Waals surface area (Å²) in [6, 6.07) is -11.2. The highest BCUT2D eigenvalue weighted by Gasteiger charge is 2.39. The average Bonchev–Trinajstić information content (AvgIpc) is 3.33. The van der Waals surface area contributed by atoms with Crippen LogP contribution >= 0.6 is 7.82 Å². The Morgan fingerprint density at radius 3 is 1.16 bits per heavy atom. The molecule has 0 aromatic heterocycles. The maximum absolute atomic E-state index is 14.5. The van der Waals surface area contributed by atoms with Crippen molar-refractivity contribution in [3.8, 4) is 0 Å². The zero-order chi connectivity index (χ0) is 60.6. The van der Waals surface area contributed by atoms with Gasteiger partial charge in [0.1, 0.15) is 42.3 Å². The zero-order valence-electron chi connectivity index (χ0n) is 47.0. The van der Waals surface area contributed by atoms with E-state index in [2.05, 4.69) is 56.7 Å². The number of hydrogen-bond donors (Lipinski definition) is 17. The van der Waals surface area contributed by atoms with Crippen LogP contribution in [0.5, 0.6) is 0 Å². The number of amides is 7. The van der Waals surface area contributed by atoms with Crippen LogP contribution in [0, 0.1) is 17.8 Å². The van der Waals surface area contributed by atoms with Crippen LogP contribution in [0.2, 0.25) is 0 Å². The third-order valence-corrected chi connectivity index (χ3v) is 12.7. The lowest BCUT2D eigenvalue weighted by molar-refractivity contribution is -0.143. The highest BCUT2D eigenvalue weighted by atomic mass is 31.2. The Kier molecular flexibility index (Phi) is 35.1. The quantitative estimate of drug-likeness (QED) is 0.0122. The van der Waals surface area contributed by atoms with Crippen molar-refractivity contribution in [3.05, 3.63) is 0 Å². The average molecular weight is 1150 g/mol. The van der Waals surface area contributed by atoms with Gasteiger partial charge in [0.15, 0.2) is 17.9 Å². The van der Waals surface area contributed by atoms with Crippen LogP contribution in [0.25, 0.3) is 0 Å². The van der Waals surface area contributed by atoms with Crippen LogP contribution in [-0.4, -0.2) is 163 Å². The number of nitrogens with zero attached hydrogens (tertiary/aromatic N) is 3. The van der Waals surface area contributed by atoms with Crippen molar-refractivity contribution in [1.29, 1.82) is 0 Å². The van der Waals surface area contributed by atoms with Gasteiger partial charge in [-0.15, -0.1) is 0 Å². The number of carboxylic acid groups (broad SMARTS) is 1. The summed E-state index contributed by atoms with van der Waals surface area (Å²) >= 11 is 0. The van der Waals surface area contributed by atoms with Gasteiger partial charge in [-0.2, -0.15) is 0 Å². The topological polar surface area (TPSA) is 542 Å². The number of carbonyl (C=O) groups is 8. The van der Waals surface area contributed by atoms with Crippen molar-refractivity contribution in [1.82, 2.24) is 37.2 Å². The van der Waals surface area contributed by atoms with E-state index in [0.29, 0.717) is 19.4 Å². The van der Waals surface area contributed by atoms with Crippen LogP contribution in [0.1, 0.15) is 126 Å². The van der Waals surface area contributed by atoms with E-state index in [0.717, 1.165) is 7.11 Å². The number of nitrogens with one attached hydrogen (secondary N) is 7. The van der Waals surface area contributed by atoms with Crippen LogP contribution in [0.3, 0.4) is 0 Å². The Morgan fingerprint density at radius 2 is 0.810 bits per heavy atom. The van der Waals surface area contributed by atoms with E-state index in [1.807, 2.05) is 0 Å².